The fraction of sp³-hybridized carbons (Fsp3) is 0.688. The Labute approximate surface area is 135 Å². The molecule has 0 aromatic heterocycles. The number of amidine groups is 1. The molecule has 0 saturated carbocycles. The molecule has 0 bridgehead atoms. The van der Waals surface area contributed by atoms with Crippen LogP contribution in [0, 0.1) is 5.92 Å². The molecule has 4 amide bonds. The summed E-state index contributed by atoms with van der Waals surface area (Å²) < 4.78 is 0. The van der Waals surface area contributed by atoms with Crippen molar-refractivity contribution in [3.8, 4) is 0 Å². The number of aliphatic imine (C=N–C) groups is 1. The Morgan fingerprint density at radius 3 is 2.83 bits per heavy atom. The molecule has 2 fully saturated rings. The van der Waals surface area contributed by atoms with Gasteiger partial charge in [-0.2, -0.15) is 0 Å². The van der Waals surface area contributed by atoms with Gasteiger partial charge in [0.1, 0.15) is 18.0 Å². The summed E-state index contributed by atoms with van der Waals surface area (Å²) in [4.78, 5) is 32.7. The van der Waals surface area contributed by atoms with Crippen LogP contribution in [0.15, 0.2) is 17.1 Å². The van der Waals surface area contributed by atoms with Crippen LogP contribution in [-0.4, -0.2) is 59.5 Å². The Hall–Kier alpha value is -1.89. The fourth-order valence-corrected chi connectivity index (χ4v) is 3.91. The summed E-state index contributed by atoms with van der Waals surface area (Å²) in [5.41, 5.74) is 0. The van der Waals surface area contributed by atoms with Crippen LogP contribution in [0.4, 0.5) is 9.59 Å². The molecule has 1 aliphatic carbocycles. The molecule has 2 N–H and O–H groups in total. The van der Waals surface area contributed by atoms with Crippen molar-refractivity contribution in [1.29, 1.82) is 0 Å². The molecule has 0 radical (unpaired) electrons. The van der Waals surface area contributed by atoms with Gasteiger partial charge in [-0.3, -0.25) is 15.6 Å². The van der Waals surface area contributed by atoms with Crippen molar-refractivity contribution in [2.45, 2.75) is 44.3 Å². The minimum Gasteiger partial charge on any atom is -0.324 e. The van der Waals surface area contributed by atoms with Crippen LogP contribution >= 0.6 is 0 Å². The Bertz CT molecular complexity index is 567. The van der Waals surface area contributed by atoms with Gasteiger partial charge in [0.2, 0.25) is 0 Å². The summed E-state index contributed by atoms with van der Waals surface area (Å²) in [6.45, 7) is 2.07. The summed E-state index contributed by atoms with van der Waals surface area (Å²) >= 11 is 0. The van der Waals surface area contributed by atoms with Crippen molar-refractivity contribution in [3.63, 3.8) is 0 Å². The van der Waals surface area contributed by atoms with E-state index in [1.165, 1.54) is 4.90 Å². The number of hydrogen-bond acceptors (Lipinski definition) is 4. The summed E-state index contributed by atoms with van der Waals surface area (Å²) in [5, 5.41) is 6.24. The fourth-order valence-electron chi connectivity index (χ4n) is 3.91. The minimum atomic E-state index is -0.336. The average Bonchev–Trinajstić information content (AvgIpc) is 3.21. The number of likely N-dealkylation sites (tertiary alicyclic amines) is 1. The second-order valence-corrected chi connectivity index (χ2v) is 6.70. The summed E-state index contributed by atoms with van der Waals surface area (Å²) in [6, 6.07) is -0.807. The van der Waals surface area contributed by atoms with Gasteiger partial charge in [0.25, 0.3) is 0 Å². The predicted octanol–water partition coefficient (Wildman–Crippen LogP) is 1.28. The van der Waals surface area contributed by atoms with Gasteiger partial charge >= 0.3 is 12.1 Å². The van der Waals surface area contributed by atoms with Crippen molar-refractivity contribution in [1.82, 2.24) is 20.4 Å². The van der Waals surface area contributed by atoms with E-state index in [-0.39, 0.29) is 24.3 Å². The third-order valence-corrected chi connectivity index (χ3v) is 5.22. The lowest BCUT2D eigenvalue weighted by molar-refractivity contribution is 0.160. The second kappa shape index (κ2) is 5.96. The van der Waals surface area contributed by atoms with Crippen molar-refractivity contribution in [3.05, 3.63) is 12.2 Å². The molecule has 0 aromatic carbocycles. The number of rotatable bonds is 1. The molecule has 4 aliphatic rings. The van der Waals surface area contributed by atoms with E-state index in [2.05, 4.69) is 22.8 Å². The number of nitrogens with zero attached hydrogens (tertiary/aromatic N) is 3. The molecule has 3 unspecified atom stereocenters. The molecule has 3 heterocycles. The molecular weight excluding hydrogens is 294 g/mol. The van der Waals surface area contributed by atoms with E-state index in [9.17, 15) is 9.59 Å². The molecule has 23 heavy (non-hydrogen) atoms. The predicted molar refractivity (Wildman–Crippen MR) is 86.1 cm³/mol. The van der Waals surface area contributed by atoms with E-state index >= 15 is 0 Å². The quantitative estimate of drug-likeness (QED) is 0.715. The van der Waals surface area contributed by atoms with E-state index in [4.69, 9.17) is 4.99 Å². The molecule has 0 spiro atoms. The van der Waals surface area contributed by atoms with Crippen molar-refractivity contribution >= 4 is 17.9 Å². The van der Waals surface area contributed by atoms with E-state index in [1.807, 2.05) is 0 Å². The Kier molecular flexibility index (Phi) is 3.80. The van der Waals surface area contributed by atoms with Gasteiger partial charge in [0, 0.05) is 19.6 Å². The van der Waals surface area contributed by atoms with Gasteiger partial charge in [-0.05, 0) is 38.0 Å². The standard InChI is InChI=1S/C16H23N5O2/c22-15-19-14-12(21(15)16(23)20-8-4-5-9-20)10-17-13(18-14)11-6-2-1-3-7-11/h1-2,11-13,17H,3-10H2,(H,18,19,22). The van der Waals surface area contributed by atoms with E-state index < -0.39 is 0 Å². The molecule has 3 atom stereocenters. The van der Waals surface area contributed by atoms with Gasteiger partial charge in [-0.15, -0.1) is 0 Å². The number of hydrogen-bond donors (Lipinski definition) is 2. The number of fused-ring (bicyclic) bond motifs is 1. The Balaban J connectivity index is 1.50. The lowest BCUT2D eigenvalue weighted by atomic mass is 9.91. The van der Waals surface area contributed by atoms with Crippen LogP contribution in [0.5, 0.6) is 0 Å². The maximum absolute atomic E-state index is 12.6. The zero-order chi connectivity index (χ0) is 15.8. The van der Waals surface area contributed by atoms with Crippen LogP contribution in [0.1, 0.15) is 32.1 Å². The summed E-state index contributed by atoms with van der Waals surface area (Å²) in [5.74, 6) is 1.12. The van der Waals surface area contributed by atoms with Gasteiger partial charge in [-0.25, -0.2) is 14.5 Å². The minimum absolute atomic E-state index is 0.0355. The van der Waals surface area contributed by atoms with Crippen LogP contribution in [-0.2, 0) is 0 Å². The highest BCUT2D eigenvalue weighted by atomic mass is 16.2. The average molecular weight is 317 g/mol. The molecule has 0 aromatic rings. The van der Waals surface area contributed by atoms with Crippen molar-refractivity contribution < 1.29 is 9.59 Å². The number of carbonyl (C=O) groups is 2. The zero-order valence-corrected chi connectivity index (χ0v) is 13.2. The van der Waals surface area contributed by atoms with Crippen LogP contribution < -0.4 is 10.6 Å². The molecule has 7 heteroatoms. The molecule has 3 aliphatic heterocycles. The highest BCUT2D eigenvalue weighted by Crippen LogP contribution is 2.26. The Morgan fingerprint density at radius 2 is 2.09 bits per heavy atom. The van der Waals surface area contributed by atoms with E-state index in [1.54, 1.807) is 4.90 Å². The van der Waals surface area contributed by atoms with Gasteiger partial charge in [-0.1, -0.05) is 12.2 Å². The van der Waals surface area contributed by atoms with E-state index in [0.29, 0.717) is 18.3 Å². The number of carbonyl (C=O) groups excluding carboxylic acids is 2. The summed E-state index contributed by atoms with van der Waals surface area (Å²) in [7, 11) is 0. The SMILES string of the molecule is O=C1NC2=NC(C3CC=CCC3)NCC2N1C(=O)N1CCCC1. The first-order valence-corrected chi connectivity index (χ1v) is 8.59. The topological polar surface area (TPSA) is 77.0 Å². The van der Waals surface area contributed by atoms with E-state index in [0.717, 1.165) is 45.2 Å². The number of amides is 4. The lowest BCUT2D eigenvalue weighted by Crippen LogP contribution is -2.55. The highest BCUT2D eigenvalue weighted by molar-refractivity contribution is 6.13. The van der Waals surface area contributed by atoms with Crippen LogP contribution in [0.25, 0.3) is 0 Å². The molecule has 4 rings (SSSR count). The third kappa shape index (κ3) is 2.63. The number of urea groups is 2. The zero-order valence-electron chi connectivity index (χ0n) is 13.2. The lowest BCUT2D eigenvalue weighted by Gasteiger charge is -2.33. The maximum atomic E-state index is 12.6. The van der Waals surface area contributed by atoms with Crippen LogP contribution in [0.3, 0.4) is 0 Å². The first kappa shape index (κ1) is 14.7. The number of allylic oxidation sites excluding steroid dienone is 2. The molecular formula is C16H23N5O2. The van der Waals surface area contributed by atoms with Crippen molar-refractivity contribution in [2.24, 2.45) is 10.9 Å². The molecule has 2 saturated heterocycles. The first-order chi connectivity index (χ1) is 11.2. The third-order valence-electron chi connectivity index (χ3n) is 5.22. The van der Waals surface area contributed by atoms with Gasteiger partial charge in [0.05, 0.1) is 0 Å². The summed E-state index contributed by atoms with van der Waals surface area (Å²) in [6.07, 6.45) is 9.70. The smallest absolute Gasteiger partial charge is 0.324 e. The normalized spacial score (nSPS) is 33.5. The van der Waals surface area contributed by atoms with Gasteiger partial charge < -0.3 is 4.90 Å². The highest BCUT2D eigenvalue weighted by Gasteiger charge is 2.45. The number of nitrogens with one attached hydrogen (secondary N) is 2. The largest absolute Gasteiger partial charge is 0.331 e. The maximum Gasteiger partial charge on any atom is 0.331 e. The number of imide groups is 1. The second-order valence-electron chi connectivity index (χ2n) is 6.70. The first-order valence-electron chi connectivity index (χ1n) is 8.59. The Morgan fingerprint density at radius 1 is 1.26 bits per heavy atom. The van der Waals surface area contributed by atoms with Crippen LogP contribution in [0.2, 0.25) is 0 Å². The van der Waals surface area contributed by atoms with Crippen molar-refractivity contribution in [2.75, 3.05) is 19.6 Å². The molecule has 7 nitrogen and oxygen atoms in total. The molecule has 124 valence electrons. The monoisotopic (exact) mass is 317 g/mol. The van der Waals surface area contributed by atoms with Gasteiger partial charge in [0.15, 0.2) is 0 Å².